The summed E-state index contributed by atoms with van der Waals surface area (Å²) in [4.78, 5) is 13.5. The first-order valence-corrected chi connectivity index (χ1v) is 11.5. The molecule has 2 heterocycles. The van der Waals surface area contributed by atoms with Gasteiger partial charge in [-0.1, -0.05) is 18.2 Å². The van der Waals surface area contributed by atoms with Gasteiger partial charge in [-0.25, -0.2) is 4.68 Å². The minimum absolute atomic E-state index is 0.206. The summed E-state index contributed by atoms with van der Waals surface area (Å²) in [6.45, 7) is 4.55. The number of carbonyl (C=O) groups is 1. The van der Waals surface area contributed by atoms with Gasteiger partial charge in [0.25, 0.3) is 5.91 Å². The van der Waals surface area contributed by atoms with Gasteiger partial charge in [-0.3, -0.25) is 4.79 Å². The normalized spacial score (nSPS) is 11.9. The van der Waals surface area contributed by atoms with Crippen molar-refractivity contribution in [1.82, 2.24) is 15.1 Å². The number of aryl methyl sites for hydroxylation is 2. The van der Waals surface area contributed by atoms with Gasteiger partial charge in [-0.2, -0.15) is 5.10 Å². The average molecular weight is 486 g/mol. The van der Waals surface area contributed by atoms with E-state index in [4.69, 9.17) is 24.0 Å². The Morgan fingerprint density at radius 2 is 1.81 bits per heavy atom. The number of ether oxygens (including phenoxy) is 4. The lowest BCUT2D eigenvalue weighted by Gasteiger charge is -2.12. The van der Waals surface area contributed by atoms with Crippen LogP contribution in [0.15, 0.2) is 60.7 Å². The van der Waals surface area contributed by atoms with E-state index in [0.717, 1.165) is 27.9 Å². The molecule has 1 N–H and O–H groups in total. The molecule has 0 bridgehead atoms. The molecule has 36 heavy (non-hydrogen) atoms. The fourth-order valence-electron chi connectivity index (χ4n) is 4.14. The minimum Gasteiger partial charge on any atom is -0.497 e. The molecule has 0 unspecified atom stereocenters. The Kier molecular flexibility index (Phi) is 6.25. The maximum Gasteiger partial charge on any atom is 0.270 e. The molecule has 1 aliphatic heterocycles. The number of nitrogens with zero attached hydrogens (tertiary/aromatic N) is 2. The SMILES string of the molecule is COc1ccc(-c2cc(C(=O)NCc3ccc4c(c3)OCO4)n(-c3cc(C)ccc3C)n2)c(OC)c1. The van der Waals surface area contributed by atoms with E-state index in [1.54, 1.807) is 31.0 Å². The van der Waals surface area contributed by atoms with E-state index in [1.165, 1.54) is 0 Å². The summed E-state index contributed by atoms with van der Waals surface area (Å²) in [7, 11) is 3.20. The largest absolute Gasteiger partial charge is 0.497 e. The molecule has 0 fully saturated rings. The Morgan fingerprint density at radius 3 is 2.61 bits per heavy atom. The molecule has 3 aromatic carbocycles. The summed E-state index contributed by atoms with van der Waals surface area (Å²) in [5.74, 6) is 2.41. The van der Waals surface area contributed by atoms with Crippen LogP contribution in [0.2, 0.25) is 0 Å². The number of hydrogen-bond donors (Lipinski definition) is 1. The summed E-state index contributed by atoms with van der Waals surface area (Å²) in [6, 6.07) is 19.0. The van der Waals surface area contributed by atoms with Crippen molar-refractivity contribution in [3.8, 4) is 39.9 Å². The lowest BCUT2D eigenvalue weighted by molar-refractivity contribution is 0.0943. The zero-order valence-electron chi connectivity index (χ0n) is 20.6. The van der Waals surface area contributed by atoms with Crippen LogP contribution in [0.5, 0.6) is 23.0 Å². The second-order valence-corrected chi connectivity index (χ2v) is 8.55. The van der Waals surface area contributed by atoms with E-state index in [9.17, 15) is 4.79 Å². The number of hydrogen-bond acceptors (Lipinski definition) is 6. The van der Waals surface area contributed by atoms with Crippen LogP contribution in [0.1, 0.15) is 27.2 Å². The highest BCUT2D eigenvalue weighted by molar-refractivity contribution is 5.94. The van der Waals surface area contributed by atoms with Crippen molar-refractivity contribution in [3.05, 3.63) is 83.0 Å². The van der Waals surface area contributed by atoms with E-state index in [-0.39, 0.29) is 12.7 Å². The van der Waals surface area contributed by atoms with E-state index >= 15 is 0 Å². The molecule has 0 radical (unpaired) electrons. The van der Waals surface area contributed by atoms with Crippen LogP contribution in [0.4, 0.5) is 0 Å². The van der Waals surface area contributed by atoms with Crippen LogP contribution < -0.4 is 24.3 Å². The molecule has 0 spiro atoms. The van der Waals surface area contributed by atoms with Gasteiger partial charge in [-0.05, 0) is 66.9 Å². The number of methoxy groups -OCH3 is 2. The zero-order valence-corrected chi connectivity index (χ0v) is 20.6. The molecule has 184 valence electrons. The Labute approximate surface area is 209 Å². The van der Waals surface area contributed by atoms with Crippen LogP contribution in [-0.2, 0) is 6.54 Å². The Bertz CT molecular complexity index is 1440. The molecule has 4 aromatic rings. The molecule has 0 atom stereocenters. The highest BCUT2D eigenvalue weighted by Gasteiger charge is 2.21. The Morgan fingerprint density at radius 1 is 0.972 bits per heavy atom. The van der Waals surface area contributed by atoms with Gasteiger partial charge in [-0.15, -0.1) is 0 Å². The van der Waals surface area contributed by atoms with Crippen LogP contribution >= 0.6 is 0 Å². The topological polar surface area (TPSA) is 83.8 Å². The third kappa shape index (κ3) is 4.45. The molecule has 1 aliphatic rings. The molecule has 0 aliphatic carbocycles. The van der Waals surface area contributed by atoms with Crippen molar-refractivity contribution < 1.29 is 23.7 Å². The van der Waals surface area contributed by atoms with Gasteiger partial charge in [0.15, 0.2) is 11.5 Å². The summed E-state index contributed by atoms with van der Waals surface area (Å²) in [5.41, 5.74) is 5.60. The van der Waals surface area contributed by atoms with Crippen LogP contribution in [0.3, 0.4) is 0 Å². The number of carbonyl (C=O) groups excluding carboxylic acids is 1. The smallest absolute Gasteiger partial charge is 0.270 e. The van der Waals surface area contributed by atoms with Crippen LogP contribution in [0, 0.1) is 13.8 Å². The number of aromatic nitrogens is 2. The maximum absolute atomic E-state index is 13.5. The van der Waals surface area contributed by atoms with Crippen molar-refractivity contribution in [2.75, 3.05) is 21.0 Å². The molecule has 1 amide bonds. The first kappa shape index (κ1) is 23.3. The van der Waals surface area contributed by atoms with E-state index < -0.39 is 0 Å². The van der Waals surface area contributed by atoms with Gasteiger partial charge in [0.05, 0.1) is 25.6 Å². The van der Waals surface area contributed by atoms with E-state index in [2.05, 4.69) is 5.32 Å². The number of fused-ring (bicyclic) bond motifs is 1. The third-order valence-corrected chi connectivity index (χ3v) is 6.11. The summed E-state index contributed by atoms with van der Waals surface area (Å²) in [6.07, 6.45) is 0. The molecular weight excluding hydrogens is 458 g/mol. The standard InChI is InChI=1S/C28H27N3O5/c1-17-5-6-18(2)23(11-17)31-24(14-22(30-31)21-9-8-20(33-3)13-26(21)34-4)28(32)29-15-19-7-10-25-27(12-19)36-16-35-25/h5-14H,15-16H2,1-4H3,(H,29,32). The summed E-state index contributed by atoms with van der Waals surface area (Å²) < 4.78 is 23.4. The highest BCUT2D eigenvalue weighted by atomic mass is 16.7. The van der Waals surface area contributed by atoms with Crippen molar-refractivity contribution in [1.29, 1.82) is 0 Å². The lowest BCUT2D eigenvalue weighted by atomic mass is 10.1. The summed E-state index contributed by atoms with van der Waals surface area (Å²) in [5, 5.41) is 7.85. The molecule has 0 saturated carbocycles. The number of nitrogens with one attached hydrogen (secondary N) is 1. The van der Waals surface area contributed by atoms with Crippen molar-refractivity contribution in [3.63, 3.8) is 0 Å². The predicted molar refractivity (Wildman–Crippen MR) is 135 cm³/mol. The number of benzene rings is 3. The van der Waals surface area contributed by atoms with Gasteiger partial charge in [0, 0.05) is 18.2 Å². The minimum atomic E-state index is -0.250. The Balaban J connectivity index is 1.52. The average Bonchev–Trinajstić information content (AvgIpc) is 3.55. The Hall–Kier alpha value is -4.46. The molecular formula is C28H27N3O5. The fraction of sp³-hybridized carbons (Fsp3) is 0.214. The predicted octanol–water partition coefficient (Wildman–Crippen LogP) is 4.83. The lowest BCUT2D eigenvalue weighted by Crippen LogP contribution is -2.25. The molecule has 8 nitrogen and oxygen atoms in total. The van der Waals surface area contributed by atoms with Gasteiger partial charge >= 0.3 is 0 Å². The van der Waals surface area contributed by atoms with Crippen molar-refractivity contribution in [2.45, 2.75) is 20.4 Å². The molecule has 0 saturated heterocycles. The number of rotatable bonds is 7. The third-order valence-electron chi connectivity index (χ3n) is 6.11. The van der Waals surface area contributed by atoms with Crippen molar-refractivity contribution in [2.24, 2.45) is 0 Å². The van der Waals surface area contributed by atoms with Crippen molar-refractivity contribution >= 4 is 5.91 Å². The quantitative estimate of drug-likeness (QED) is 0.404. The fourth-order valence-corrected chi connectivity index (χ4v) is 4.14. The second kappa shape index (κ2) is 9.65. The first-order valence-electron chi connectivity index (χ1n) is 11.5. The van der Waals surface area contributed by atoms with Gasteiger partial charge in [0.2, 0.25) is 6.79 Å². The highest BCUT2D eigenvalue weighted by Crippen LogP contribution is 2.34. The van der Waals surface area contributed by atoms with Crippen LogP contribution in [0.25, 0.3) is 16.9 Å². The maximum atomic E-state index is 13.5. The second-order valence-electron chi connectivity index (χ2n) is 8.55. The molecule has 1 aromatic heterocycles. The van der Waals surface area contributed by atoms with E-state index in [1.807, 2.05) is 62.4 Å². The molecule has 8 heteroatoms. The first-order chi connectivity index (χ1) is 17.5. The van der Waals surface area contributed by atoms with E-state index in [0.29, 0.717) is 40.9 Å². The molecule has 5 rings (SSSR count). The number of amides is 1. The zero-order chi connectivity index (χ0) is 25.2. The van der Waals surface area contributed by atoms with Gasteiger partial charge in [0.1, 0.15) is 17.2 Å². The van der Waals surface area contributed by atoms with Gasteiger partial charge < -0.3 is 24.3 Å². The van der Waals surface area contributed by atoms with Crippen LogP contribution in [-0.4, -0.2) is 36.7 Å². The monoisotopic (exact) mass is 485 g/mol. The summed E-state index contributed by atoms with van der Waals surface area (Å²) >= 11 is 0.